The van der Waals surface area contributed by atoms with Crippen molar-refractivity contribution in [1.29, 1.82) is 0 Å². The molecule has 36 heavy (non-hydrogen) atoms. The number of nitrogens with zero attached hydrogens (tertiary/aromatic N) is 3. The Morgan fingerprint density at radius 2 is 1.72 bits per heavy atom. The van der Waals surface area contributed by atoms with Gasteiger partial charge in [0.2, 0.25) is 5.43 Å². The number of hydrogen-bond donors (Lipinski definition) is 1. The van der Waals surface area contributed by atoms with E-state index >= 15 is 4.39 Å². The Bertz CT molecular complexity index is 1470. The highest BCUT2D eigenvalue weighted by molar-refractivity contribution is 6.19. The summed E-state index contributed by atoms with van der Waals surface area (Å²) in [7, 11) is 0. The van der Waals surface area contributed by atoms with Gasteiger partial charge in [-0.25, -0.2) is 14.0 Å². The molecule has 1 saturated heterocycles. The van der Waals surface area contributed by atoms with Gasteiger partial charge in [-0.1, -0.05) is 29.8 Å². The standard InChI is InChI=1S/C27H26FN3O5/c1-3-29-14-19(26(33)34)25(32)18-12-20(28)22(13-21(18)29)30-8-10-31(11-9-30)23-15-36-27(35)24(23)17-6-4-16(2)5-7-17/h4-7,12-14H,3,8-11,15H2,1-2H3,(H,33,34). The minimum Gasteiger partial charge on any atom is -0.477 e. The van der Waals surface area contributed by atoms with Gasteiger partial charge in [-0.3, -0.25) is 4.79 Å². The number of aromatic carboxylic acids is 1. The minimum atomic E-state index is -1.33. The van der Waals surface area contributed by atoms with Gasteiger partial charge in [-0.15, -0.1) is 0 Å². The van der Waals surface area contributed by atoms with E-state index in [1.54, 1.807) is 10.6 Å². The Morgan fingerprint density at radius 3 is 2.36 bits per heavy atom. The lowest BCUT2D eigenvalue weighted by atomic mass is 10.0. The molecule has 1 aromatic heterocycles. The number of carboxylic acid groups (broad SMARTS) is 1. The summed E-state index contributed by atoms with van der Waals surface area (Å²) in [4.78, 5) is 40.6. The van der Waals surface area contributed by atoms with Crippen molar-refractivity contribution in [2.45, 2.75) is 20.4 Å². The average Bonchev–Trinajstić information content (AvgIpc) is 3.26. The van der Waals surface area contributed by atoms with Crippen LogP contribution in [0.3, 0.4) is 0 Å². The Balaban J connectivity index is 1.44. The van der Waals surface area contributed by atoms with Crippen LogP contribution in [0, 0.1) is 12.7 Å². The highest BCUT2D eigenvalue weighted by Crippen LogP contribution is 2.31. The van der Waals surface area contributed by atoms with E-state index < -0.39 is 17.2 Å². The van der Waals surface area contributed by atoms with Gasteiger partial charge in [-0.2, -0.15) is 0 Å². The van der Waals surface area contributed by atoms with Crippen LogP contribution in [0.4, 0.5) is 10.1 Å². The van der Waals surface area contributed by atoms with Crippen LogP contribution in [-0.4, -0.2) is 59.3 Å². The number of halogens is 1. The number of aromatic nitrogens is 1. The van der Waals surface area contributed by atoms with E-state index in [9.17, 15) is 19.5 Å². The van der Waals surface area contributed by atoms with Gasteiger partial charge < -0.3 is 24.2 Å². The van der Waals surface area contributed by atoms with Gasteiger partial charge >= 0.3 is 11.9 Å². The van der Waals surface area contributed by atoms with Crippen molar-refractivity contribution < 1.29 is 23.8 Å². The molecule has 2 aliphatic rings. The monoisotopic (exact) mass is 491 g/mol. The zero-order chi connectivity index (χ0) is 25.6. The molecule has 0 atom stereocenters. The maximum Gasteiger partial charge on any atom is 0.341 e. The average molecular weight is 492 g/mol. The maximum absolute atomic E-state index is 15.2. The van der Waals surface area contributed by atoms with Gasteiger partial charge in [0.05, 0.1) is 22.5 Å². The van der Waals surface area contributed by atoms with Crippen molar-refractivity contribution in [2.24, 2.45) is 0 Å². The number of piperazine rings is 1. The first-order valence-corrected chi connectivity index (χ1v) is 11.9. The van der Waals surface area contributed by atoms with E-state index in [1.807, 2.05) is 43.0 Å². The van der Waals surface area contributed by atoms with E-state index in [2.05, 4.69) is 4.90 Å². The SMILES string of the molecule is CCn1cc(C(=O)O)c(=O)c2cc(F)c(N3CCN(C4=C(c5ccc(C)cc5)C(=O)OC4)CC3)cc21. The van der Waals surface area contributed by atoms with Crippen LogP contribution in [0.15, 0.2) is 53.1 Å². The lowest BCUT2D eigenvalue weighted by Gasteiger charge is -2.38. The van der Waals surface area contributed by atoms with Crippen molar-refractivity contribution in [1.82, 2.24) is 9.47 Å². The Labute approximate surface area is 206 Å². The molecule has 0 saturated carbocycles. The number of pyridine rings is 1. The number of carbonyl (C=O) groups excluding carboxylic acids is 1. The zero-order valence-electron chi connectivity index (χ0n) is 20.1. The van der Waals surface area contributed by atoms with Gasteiger partial charge in [0.15, 0.2) is 0 Å². The van der Waals surface area contributed by atoms with Crippen LogP contribution in [-0.2, 0) is 16.1 Å². The molecule has 0 unspecified atom stereocenters. The highest BCUT2D eigenvalue weighted by atomic mass is 19.1. The predicted molar refractivity (Wildman–Crippen MR) is 134 cm³/mol. The molecule has 2 aromatic carbocycles. The number of rotatable bonds is 5. The second-order valence-corrected chi connectivity index (χ2v) is 9.02. The number of anilines is 1. The summed E-state index contributed by atoms with van der Waals surface area (Å²) >= 11 is 0. The third-order valence-corrected chi connectivity index (χ3v) is 6.89. The maximum atomic E-state index is 15.2. The molecule has 2 aliphatic heterocycles. The summed E-state index contributed by atoms with van der Waals surface area (Å²) in [5.41, 5.74) is 3.11. The first-order chi connectivity index (χ1) is 17.3. The number of carbonyl (C=O) groups is 2. The number of fused-ring (bicyclic) bond motifs is 1. The molecule has 0 bridgehead atoms. The summed E-state index contributed by atoms with van der Waals surface area (Å²) in [6.45, 7) is 6.61. The van der Waals surface area contributed by atoms with Gasteiger partial charge in [-0.05, 0) is 31.5 Å². The largest absolute Gasteiger partial charge is 0.477 e. The highest BCUT2D eigenvalue weighted by Gasteiger charge is 2.32. The van der Waals surface area contributed by atoms with E-state index in [4.69, 9.17) is 4.74 Å². The third-order valence-electron chi connectivity index (χ3n) is 6.89. The summed E-state index contributed by atoms with van der Waals surface area (Å²) in [5, 5.41) is 9.40. The molecule has 5 rings (SSSR count). The zero-order valence-corrected chi connectivity index (χ0v) is 20.1. The number of benzene rings is 2. The lowest BCUT2D eigenvalue weighted by Crippen LogP contribution is -2.46. The van der Waals surface area contributed by atoms with Crippen LogP contribution in [0.5, 0.6) is 0 Å². The van der Waals surface area contributed by atoms with Crippen LogP contribution in [0.25, 0.3) is 16.5 Å². The molecule has 0 radical (unpaired) electrons. The fourth-order valence-corrected chi connectivity index (χ4v) is 4.92. The fraction of sp³-hybridized carbons (Fsp3) is 0.296. The summed E-state index contributed by atoms with van der Waals surface area (Å²) in [6.07, 6.45) is 1.31. The molecule has 0 spiro atoms. The van der Waals surface area contributed by atoms with E-state index in [1.165, 1.54) is 6.20 Å². The van der Waals surface area contributed by atoms with Gasteiger partial charge in [0.1, 0.15) is 18.0 Å². The van der Waals surface area contributed by atoms with Crippen molar-refractivity contribution in [3.63, 3.8) is 0 Å². The van der Waals surface area contributed by atoms with Crippen molar-refractivity contribution >= 4 is 34.1 Å². The number of ether oxygens (including phenoxy) is 1. The topological polar surface area (TPSA) is 92.1 Å². The van der Waals surface area contributed by atoms with Gasteiger partial charge in [0, 0.05) is 44.3 Å². The number of esters is 1. The number of carboxylic acids is 1. The Morgan fingerprint density at radius 1 is 1.06 bits per heavy atom. The van der Waals surface area contributed by atoms with Crippen LogP contribution < -0.4 is 10.3 Å². The molecule has 0 aliphatic carbocycles. The first-order valence-electron chi connectivity index (χ1n) is 11.9. The molecule has 1 fully saturated rings. The molecule has 186 valence electrons. The van der Waals surface area contributed by atoms with E-state index in [-0.39, 0.29) is 23.5 Å². The molecule has 8 nitrogen and oxygen atoms in total. The molecular formula is C27H26FN3O5. The second kappa shape index (κ2) is 9.14. The Kier molecular flexibility index (Phi) is 5.99. The smallest absolute Gasteiger partial charge is 0.341 e. The number of aryl methyl sites for hydroxylation is 2. The normalized spacial score (nSPS) is 16.1. The molecule has 9 heteroatoms. The number of hydrogen-bond acceptors (Lipinski definition) is 6. The quantitative estimate of drug-likeness (QED) is 0.548. The summed E-state index contributed by atoms with van der Waals surface area (Å²) in [5.74, 6) is -2.24. The van der Waals surface area contributed by atoms with E-state index in [0.717, 1.165) is 22.9 Å². The predicted octanol–water partition coefficient (Wildman–Crippen LogP) is 3.26. The van der Waals surface area contributed by atoms with Crippen LogP contribution in [0.1, 0.15) is 28.4 Å². The molecule has 1 N–H and O–H groups in total. The van der Waals surface area contributed by atoms with Crippen LogP contribution >= 0.6 is 0 Å². The van der Waals surface area contributed by atoms with Crippen molar-refractivity contribution in [2.75, 3.05) is 37.7 Å². The second-order valence-electron chi connectivity index (χ2n) is 9.02. The Hall–Kier alpha value is -4.14. The lowest BCUT2D eigenvalue weighted by molar-refractivity contribution is -0.134. The van der Waals surface area contributed by atoms with Crippen molar-refractivity contribution in [3.05, 3.63) is 81.0 Å². The molecule has 0 amide bonds. The van der Waals surface area contributed by atoms with Gasteiger partial charge in [0.25, 0.3) is 0 Å². The summed E-state index contributed by atoms with van der Waals surface area (Å²) < 4.78 is 22.2. The molecule has 3 heterocycles. The number of cyclic esters (lactones) is 1. The third kappa shape index (κ3) is 4.00. The molecule has 3 aromatic rings. The molecular weight excluding hydrogens is 465 g/mol. The van der Waals surface area contributed by atoms with Crippen molar-refractivity contribution in [3.8, 4) is 0 Å². The van der Waals surface area contributed by atoms with E-state index in [0.29, 0.717) is 49.5 Å². The minimum absolute atomic E-state index is 0.0474. The van der Waals surface area contributed by atoms with Crippen LogP contribution in [0.2, 0.25) is 0 Å². The summed E-state index contributed by atoms with van der Waals surface area (Å²) in [6, 6.07) is 10.5. The first kappa shape index (κ1) is 23.6. The fourth-order valence-electron chi connectivity index (χ4n) is 4.92.